The van der Waals surface area contributed by atoms with Crippen molar-refractivity contribution in [3.63, 3.8) is 0 Å². The van der Waals surface area contributed by atoms with E-state index in [1.807, 2.05) is 11.6 Å². The molecule has 0 spiro atoms. The van der Waals surface area contributed by atoms with Gasteiger partial charge < -0.3 is 4.74 Å². The summed E-state index contributed by atoms with van der Waals surface area (Å²) in [4.78, 5) is 0. The maximum Gasteiger partial charge on any atom is 0.0770 e. The van der Waals surface area contributed by atoms with Crippen LogP contribution in [0.15, 0.2) is 6.20 Å². The zero-order valence-electron chi connectivity index (χ0n) is 10.0. The molecule has 1 rings (SSSR count). The van der Waals surface area contributed by atoms with Crippen LogP contribution in [0.5, 0.6) is 0 Å². The number of aryl methyl sites for hydroxylation is 1. The molecule has 1 atom stereocenters. The minimum absolute atomic E-state index is 0.0492. The quantitative estimate of drug-likeness (QED) is 0.387. The predicted octanol–water partition coefficient (Wildman–Crippen LogP) is 0.619. The number of hydrazine groups is 1. The molecular formula is C10H21N5O. The standard InChI is InChI=1S/C10H21N5O/c1-3-6-15-10(8-12-14-15)9(13-11)5-7-16-4-2/h8-9,13H,3-7,11H2,1-2H3. The highest BCUT2D eigenvalue weighted by Crippen LogP contribution is 2.14. The second-order valence-electron chi connectivity index (χ2n) is 3.59. The number of hydrogen-bond donors (Lipinski definition) is 2. The van der Waals surface area contributed by atoms with Gasteiger partial charge in [0.2, 0.25) is 0 Å². The Morgan fingerprint density at radius 1 is 1.56 bits per heavy atom. The van der Waals surface area contributed by atoms with E-state index in [9.17, 15) is 0 Å². The van der Waals surface area contributed by atoms with Crippen LogP contribution in [0.3, 0.4) is 0 Å². The number of ether oxygens (including phenoxy) is 1. The Morgan fingerprint density at radius 2 is 2.38 bits per heavy atom. The van der Waals surface area contributed by atoms with Crippen molar-refractivity contribution in [2.45, 2.75) is 39.3 Å². The van der Waals surface area contributed by atoms with Crippen molar-refractivity contribution >= 4 is 0 Å². The summed E-state index contributed by atoms with van der Waals surface area (Å²) in [6.07, 6.45) is 3.60. The maximum atomic E-state index is 5.54. The first kappa shape index (κ1) is 13.1. The molecule has 1 heterocycles. The van der Waals surface area contributed by atoms with E-state index in [-0.39, 0.29) is 6.04 Å². The lowest BCUT2D eigenvalue weighted by Crippen LogP contribution is -2.31. The zero-order valence-corrected chi connectivity index (χ0v) is 10.0. The topological polar surface area (TPSA) is 78.0 Å². The van der Waals surface area contributed by atoms with Crippen LogP contribution in [-0.2, 0) is 11.3 Å². The molecule has 92 valence electrons. The van der Waals surface area contributed by atoms with Crippen molar-refractivity contribution in [1.29, 1.82) is 0 Å². The molecule has 0 saturated carbocycles. The number of nitrogens with zero attached hydrogens (tertiary/aromatic N) is 3. The van der Waals surface area contributed by atoms with Gasteiger partial charge in [0.15, 0.2) is 0 Å². The summed E-state index contributed by atoms with van der Waals surface area (Å²) in [5.41, 5.74) is 3.80. The lowest BCUT2D eigenvalue weighted by atomic mass is 10.1. The van der Waals surface area contributed by atoms with Crippen LogP contribution in [0.4, 0.5) is 0 Å². The van der Waals surface area contributed by atoms with Crippen LogP contribution in [0.2, 0.25) is 0 Å². The molecule has 6 nitrogen and oxygen atoms in total. The van der Waals surface area contributed by atoms with Crippen LogP contribution < -0.4 is 11.3 Å². The van der Waals surface area contributed by atoms with Gasteiger partial charge in [-0.2, -0.15) is 0 Å². The van der Waals surface area contributed by atoms with Gasteiger partial charge in [0, 0.05) is 19.8 Å². The average molecular weight is 227 g/mol. The van der Waals surface area contributed by atoms with E-state index in [1.165, 1.54) is 0 Å². The molecule has 0 radical (unpaired) electrons. The van der Waals surface area contributed by atoms with E-state index < -0.39 is 0 Å². The van der Waals surface area contributed by atoms with Crippen LogP contribution in [0.1, 0.15) is 38.4 Å². The molecule has 0 bridgehead atoms. The molecule has 0 amide bonds. The van der Waals surface area contributed by atoms with Crippen LogP contribution >= 0.6 is 0 Å². The zero-order chi connectivity index (χ0) is 11.8. The summed E-state index contributed by atoms with van der Waals surface area (Å²) in [5.74, 6) is 5.54. The van der Waals surface area contributed by atoms with Crippen molar-refractivity contribution in [3.05, 3.63) is 11.9 Å². The Hall–Kier alpha value is -0.980. The number of hydrogen-bond acceptors (Lipinski definition) is 5. The van der Waals surface area contributed by atoms with Gasteiger partial charge in [-0.05, 0) is 19.8 Å². The molecule has 0 aliphatic heterocycles. The highest BCUT2D eigenvalue weighted by atomic mass is 16.5. The van der Waals surface area contributed by atoms with Gasteiger partial charge in [-0.25, -0.2) is 4.68 Å². The molecule has 0 saturated heterocycles. The molecule has 0 fully saturated rings. The molecular weight excluding hydrogens is 206 g/mol. The van der Waals surface area contributed by atoms with Crippen molar-refractivity contribution in [1.82, 2.24) is 20.4 Å². The van der Waals surface area contributed by atoms with Gasteiger partial charge >= 0.3 is 0 Å². The highest BCUT2D eigenvalue weighted by molar-refractivity contribution is 5.01. The van der Waals surface area contributed by atoms with Gasteiger partial charge in [0.25, 0.3) is 0 Å². The summed E-state index contributed by atoms with van der Waals surface area (Å²) in [7, 11) is 0. The van der Waals surface area contributed by atoms with Crippen molar-refractivity contribution in [2.24, 2.45) is 5.84 Å². The Kier molecular flexibility index (Phi) is 5.99. The SMILES string of the molecule is CCCn1nncc1C(CCOCC)NN. The van der Waals surface area contributed by atoms with Gasteiger partial charge in [-0.15, -0.1) is 5.10 Å². The summed E-state index contributed by atoms with van der Waals surface area (Å²) >= 11 is 0. The van der Waals surface area contributed by atoms with Gasteiger partial charge in [0.1, 0.15) is 0 Å². The third-order valence-electron chi connectivity index (χ3n) is 2.40. The number of aromatic nitrogens is 3. The summed E-state index contributed by atoms with van der Waals surface area (Å²) in [6, 6.07) is 0.0492. The van der Waals surface area contributed by atoms with Gasteiger partial charge in [0.05, 0.1) is 17.9 Å². The summed E-state index contributed by atoms with van der Waals surface area (Å²) < 4.78 is 7.20. The van der Waals surface area contributed by atoms with Crippen molar-refractivity contribution in [3.8, 4) is 0 Å². The first-order valence-corrected chi connectivity index (χ1v) is 5.75. The first-order chi connectivity index (χ1) is 7.83. The molecule has 6 heteroatoms. The van der Waals surface area contributed by atoms with Gasteiger partial charge in [-0.3, -0.25) is 11.3 Å². The molecule has 1 unspecified atom stereocenters. The largest absolute Gasteiger partial charge is 0.382 e. The predicted molar refractivity (Wildman–Crippen MR) is 61.5 cm³/mol. The van der Waals surface area contributed by atoms with Crippen molar-refractivity contribution < 1.29 is 4.74 Å². The van der Waals surface area contributed by atoms with Crippen LogP contribution in [0, 0.1) is 0 Å². The van der Waals surface area contributed by atoms with E-state index in [2.05, 4.69) is 22.7 Å². The van der Waals surface area contributed by atoms with E-state index >= 15 is 0 Å². The second-order valence-corrected chi connectivity index (χ2v) is 3.59. The van der Waals surface area contributed by atoms with E-state index in [1.54, 1.807) is 6.20 Å². The Labute approximate surface area is 96.1 Å². The molecule has 0 aliphatic carbocycles. The minimum atomic E-state index is 0.0492. The average Bonchev–Trinajstić information content (AvgIpc) is 2.73. The van der Waals surface area contributed by atoms with E-state index in [0.29, 0.717) is 6.61 Å². The van der Waals surface area contributed by atoms with Crippen LogP contribution in [0.25, 0.3) is 0 Å². The summed E-state index contributed by atoms with van der Waals surface area (Å²) in [6.45, 7) is 6.36. The minimum Gasteiger partial charge on any atom is -0.382 e. The van der Waals surface area contributed by atoms with E-state index in [4.69, 9.17) is 10.6 Å². The fourth-order valence-electron chi connectivity index (χ4n) is 1.58. The number of nitrogens with one attached hydrogen (secondary N) is 1. The maximum absolute atomic E-state index is 5.54. The Balaban J connectivity index is 2.59. The first-order valence-electron chi connectivity index (χ1n) is 5.75. The van der Waals surface area contributed by atoms with Crippen molar-refractivity contribution in [2.75, 3.05) is 13.2 Å². The Morgan fingerprint density at radius 3 is 3.00 bits per heavy atom. The smallest absolute Gasteiger partial charge is 0.0770 e. The highest BCUT2D eigenvalue weighted by Gasteiger charge is 2.15. The summed E-state index contributed by atoms with van der Waals surface area (Å²) in [5, 5.41) is 7.95. The second kappa shape index (κ2) is 7.32. The lowest BCUT2D eigenvalue weighted by Gasteiger charge is -2.16. The molecule has 1 aromatic rings. The van der Waals surface area contributed by atoms with E-state index in [0.717, 1.165) is 31.7 Å². The third kappa shape index (κ3) is 3.55. The van der Waals surface area contributed by atoms with Gasteiger partial charge in [-0.1, -0.05) is 12.1 Å². The normalized spacial score (nSPS) is 12.9. The molecule has 3 N–H and O–H groups in total. The number of rotatable bonds is 8. The fourth-order valence-corrected chi connectivity index (χ4v) is 1.58. The molecule has 0 aromatic carbocycles. The molecule has 1 aromatic heterocycles. The molecule has 0 aliphatic rings. The third-order valence-corrected chi connectivity index (χ3v) is 2.40. The fraction of sp³-hybridized carbons (Fsp3) is 0.800. The monoisotopic (exact) mass is 227 g/mol. The lowest BCUT2D eigenvalue weighted by molar-refractivity contribution is 0.135. The molecule has 16 heavy (non-hydrogen) atoms. The van der Waals surface area contributed by atoms with Crippen LogP contribution in [-0.4, -0.2) is 28.2 Å². The number of nitrogens with two attached hydrogens (primary N) is 1. The Bertz CT molecular complexity index is 288.